The van der Waals surface area contributed by atoms with E-state index in [1.54, 1.807) is 0 Å². The fraction of sp³-hybridized carbons (Fsp3) is 0.533. The van der Waals surface area contributed by atoms with Gasteiger partial charge in [0.25, 0.3) is 5.91 Å². The molecule has 0 atom stereocenters. The number of carbonyl (C=O) groups is 1. The molecule has 1 saturated heterocycles. The summed E-state index contributed by atoms with van der Waals surface area (Å²) in [4.78, 5) is 12.7. The van der Waals surface area contributed by atoms with Crippen LogP contribution in [-0.4, -0.2) is 69.1 Å². The SMILES string of the molecule is CCN(CC(F)(F)F)C(=O)c1cc(S(=O)(=O)N2CCOCC2)c(Cl)cc1Cl. The van der Waals surface area contributed by atoms with Gasteiger partial charge in [-0.3, -0.25) is 4.79 Å². The second-order valence-corrected chi connectivity index (χ2v) is 8.43. The summed E-state index contributed by atoms with van der Waals surface area (Å²) in [6.07, 6.45) is -4.60. The van der Waals surface area contributed by atoms with Crippen molar-refractivity contribution >= 4 is 39.1 Å². The predicted molar refractivity (Wildman–Crippen MR) is 93.7 cm³/mol. The zero-order valence-corrected chi connectivity index (χ0v) is 16.6. The molecule has 0 aliphatic carbocycles. The maximum absolute atomic E-state index is 12.8. The van der Waals surface area contributed by atoms with E-state index >= 15 is 0 Å². The van der Waals surface area contributed by atoms with Crippen LogP contribution in [0.3, 0.4) is 0 Å². The number of alkyl halides is 3. The van der Waals surface area contributed by atoms with Crippen molar-refractivity contribution in [1.82, 2.24) is 9.21 Å². The van der Waals surface area contributed by atoms with Crippen LogP contribution in [0, 0.1) is 0 Å². The van der Waals surface area contributed by atoms with Gasteiger partial charge in [0.2, 0.25) is 10.0 Å². The lowest BCUT2D eigenvalue weighted by molar-refractivity contribution is -0.140. The highest BCUT2D eigenvalue weighted by molar-refractivity contribution is 7.89. The number of hydrogen-bond acceptors (Lipinski definition) is 4. The monoisotopic (exact) mass is 448 g/mol. The molecule has 1 aromatic rings. The number of nitrogens with zero attached hydrogens (tertiary/aromatic N) is 2. The Bertz CT molecular complexity index is 812. The Balaban J connectivity index is 2.44. The lowest BCUT2D eigenvalue weighted by atomic mass is 10.2. The minimum absolute atomic E-state index is 0.0970. The topological polar surface area (TPSA) is 66.9 Å². The third-order valence-electron chi connectivity index (χ3n) is 3.88. The summed E-state index contributed by atoms with van der Waals surface area (Å²) in [5.41, 5.74) is -0.362. The lowest BCUT2D eigenvalue weighted by Gasteiger charge is -2.27. The Morgan fingerprint density at radius 3 is 2.33 bits per heavy atom. The normalized spacial score (nSPS) is 16.4. The molecular formula is C15H17Cl2F3N2O4S. The Morgan fingerprint density at radius 2 is 1.81 bits per heavy atom. The number of rotatable bonds is 5. The first-order valence-corrected chi connectivity index (χ1v) is 10.1. The van der Waals surface area contributed by atoms with E-state index in [-0.39, 0.29) is 53.4 Å². The Morgan fingerprint density at radius 1 is 1.22 bits per heavy atom. The quantitative estimate of drug-likeness (QED) is 0.694. The third kappa shape index (κ3) is 5.26. The molecule has 1 aromatic carbocycles. The standard InChI is InChI=1S/C15H17Cl2F3N2O4S/c1-2-21(9-15(18,19)20)14(23)10-7-13(12(17)8-11(10)16)27(24,25)22-3-5-26-6-4-22/h7-8H,2-6,9H2,1H3. The molecule has 0 spiro atoms. The Kier molecular flexibility index (Phi) is 7.01. The molecule has 0 saturated carbocycles. The van der Waals surface area contributed by atoms with Crippen molar-refractivity contribution < 1.29 is 31.1 Å². The van der Waals surface area contributed by atoms with E-state index in [0.29, 0.717) is 4.90 Å². The van der Waals surface area contributed by atoms with Gasteiger partial charge in [-0.15, -0.1) is 0 Å². The molecule has 1 aliphatic rings. The van der Waals surface area contributed by atoms with Crippen molar-refractivity contribution in [2.75, 3.05) is 39.4 Å². The maximum Gasteiger partial charge on any atom is 0.406 e. The lowest BCUT2D eigenvalue weighted by Crippen LogP contribution is -2.41. The summed E-state index contributed by atoms with van der Waals surface area (Å²) in [6, 6.07) is 1.97. The highest BCUT2D eigenvalue weighted by Gasteiger charge is 2.35. The van der Waals surface area contributed by atoms with Crippen LogP contribution in [0.4, 0.5) is 13.2 Å². The molecule has 27 heavy (non-hydrogen) atoms. The van der Waals surface area contributed by atoms with Crippen molar-refractivity contribution in [3.05, 3.63) is 27.7 Å². The van der Waals surface area contributed by atoms with E-state index in [9.17, 15) is 26.4 Å². The first kappa shape index (κ1) is 22.2. The average molecular weight is 449 g/mol. The van der Waals surface area contributed by atoms with E-state index in [2.05, 4.69) is 0 Å². The molecule has 1 fully saturated rings. The van der Waals surface area contributed by atoms with Gasteiger partial charge in [0.15, 0.2) is 0 Å². The summed E-state index contributed by atoms with van der Waals surface area (Å²) in [5.74, 6) is -1.03. The summed E-state index contributed by atoms with van der Waals surface area (Å²) < 4.78 is 69.9. The summed E-state index contributed by atoms with van der Waals surface area (Å²) in [7, 11) is -4.06. The van der Waals surface area contributed by atoms with Crippen molar-refractivity contribution in [2.24, 2.45) is 0 Å². The van der Waals surface area contributed by atoms with Gasteiger partial charge in [-0.05, 0) is 19.1 Å². The minimum Gasteiger partial charge on any atom is -0.379 e. The molecule has 2 rings (SSSR count). The number of ether oxygens (including phenoxy) is 1. The summed E-state index contributed by atoms with van der Waals surface area (Å²) in [5, 5.41) is -0.450. The second kappa shape index (κ2) is 8.52. The van der Waals surface area contributed by atoms with Crippen molar-refractivity contribution in [1.29, 1.82) is 0 Å². The molecule has 0 bridgehead atoms. The van der Waals surface area contributed by atoms with Gasteiger partial charge in [0.05, 0.1) is 28.8 Å². The number of halogens is 5. The van der Waals surface area contributed by atoms with Crippen LogP contribution < -0.4 is 0 Å². The largest absolute Gasteiger partial charge is 0.406 e. The van der Waals surface area contributed by atoms with Crippen LogP contribution in [0.25, 0.3) is 0 Å². The highest BCUT2D eigenvalue weighted by atomic mass is 35.5. The van der Waals surface area contributed by atoms with Gasteiger partial charge >= 0.3 is 6.18 Å². The number of sulfonamides is 1. The molecule has 6 nitrogen and oxygen atoms in total. The van der Waals surface area contributed by atoms with E-state index in [0.717, 1.165) is 16.4 Å². The van der Waals surface area contributed by atoms with Crippen molar-refractivity contribution in [2.45, 2.75) is 18.0 Å². The van der Waals surface area contributed by atoms with E-state index in [1.165, 1.54) is 6.92 Å². The number of benzene rings is 1. The van der Waals surface area contributed by atoms with Crippen LogP contribution in [0.5, 0.6) is 0 Å². The van der Waals surface area contributed by atoms with Gasteiger partial charge in [0.1, 0.15) is 11.4 Å². The molecule has 0 radical (unpaired) electrons. The third-order valence-corrected chi connectivity index (χ3v) is 6.55. The van der Waals surface area contributed by atoms with Gasteiger partial charge in [-0.2, -0.15) is 17.5 Å². The van der Waals surface area contributed by atoms with Crippen LogP contribution >= 0.6 is 23.2 Å². The van der Waals surface area contributed by atoms with Crippen LogP contribution in [0.15, 0.2) is 17.0 Å². The number of amides is 1. The Labute approximate surface area is 164 Å². The van der Waals surface area contributed by atoms with Gasteiger partial charge in [-0.25, -0.2) is 8.42 Å². The van der Waals surface area contributed by atoms with Gasteiger partial charge in [-0.1, -0.05) is 23.2 Å². The van der Waals surface area contributed by atoms with Crippen molar-refractivity contribution in [3.8, 4) is 0 Å². The van der Waals surface area contributed by atoms with E-state index < -0.39 is 28.7 Å². The van der Waals surface area contributed by atoms with Crippen molar-refractivity contribution in [3.63, 3.8) is 0 Å². The number of morpholine rings is 1. The van der Waals surface area contributed by atoms with Gasteiger partial charge in [0, 0.05) is 19.6 Å². The van der Waals surface area contributed by atoms with E-state index in [4.69, 9.17) is 27.9 Å². The molecule has 1 aliphatic heterocycles. The minimum atomic E-state index is -4.60. The zero-order valence-electron chi connectivity index (χ0n) is 14.2. The molecule has 0 unspecified atom stereocenters. The zero-order chi connectivity index (χ0) is 20.4. The summed E-state index contributed by atoms with van der Waals surface area (Å²) >= 11 is 12.0. The Hall–Kier alpha value is -1.07. The molecule has 1 heterocycles. The fourth-order valence-electron chi connectivity index (χ4n) is 2.53. The molecule has 152 valence electrons. The first-order chi connectivity index (χ1) is 12.5. The molecule has 0 aromatic heterocycles. The first-order valence-electron chi connectivity index (χ1n) is 7.90. The van der Waals surface area contributed by atoms with Crippen LogP contribution in [-0.2, 0) is 14.8 Å². The molecule has 12 heteroatoms. The fourth-order valence-corrected chi connectivity index (χ4v) is 4.77. The van der Waals surface area contributed by atoms with Crippen LogP contribution in [0.1, 0.15) is 17.3 Å². The maximum atomic E-state index is 12.8. The molecular weight excluding hydrogens is 432 g/mol. The average Bonchev–Trinajstić information content (AvgIpc) is 2.59. The highest BCUT2D eigenvalue weighted by Crippen LogP contribution is 2.32. The summed E-state index contributed by atoms with van der Waals surface area (Å²) in [6.45, 7) is 0.255. The number of hydrogen-bond donors (Lipinski definition) is 0. The smallest absolute Gasteiger partial charge is 0.379 e. The predicted octanol–water partition coefficient (Wildman–Crippen LogP) is 3.04. The molecule has 0 N–H and O–H groups in total. The van der Waals surface area contributed by atoms with Gasteiger partial charge < -0.3 is 9.64 Å². The number of carbonyl (C=O) groups excluding carboxylic acids is 1. The van der Waals surface area contributed by atoms with Crippen LogP contribution in [0.2, 0.25) is 10.0 Å². The second-order valence-electron chi connectivity index (χ2n) is 5.71. The van der Waals surface area contributed by atoms with E-state index in [1.807, 2.05) is 0 Å². The molecule has 1 amide bonds.